The molecule has 0 radical (unpaired) electrons. The van der Waals surface area contributed by atoms with Crippen molar-refractivity contribution < 1.29 is 14.3 Å². The Balaban J connectivity index is 1.82. The molecule has 0 aliphatic carbocycles. The molecule has 0 spiro atoms. The molecule has 1 atom stereocenters. The van der Waals surface area contributed by atoms with E-state index in [2.05, 4.69) is 10.3 Å². The highest BCUT2D eigenvalue weighted by atomic mass is 16.5. The van der Waals surface area contributed by atoms with Crippen LogP contribution in [0.5, 0.6) is 5.75 Å². The van der Waals surface area contributed by atoms with Gasteiger partial charge in [0.15, 0.2) is 0 Å². The number of fused-ring (bicyclic) bond motifs is 1. The van der Waals surface area contributed by atoms with E-state index in [9.17, 15) is 9.59 Å². The Kier molecular flexibility index (Phi) is 6.34. The third-order valence-corrected chi connectivity index (χ3v) is 4.43. The second-order valence-corrected chi connectivity index (χ2v) is 6.48. The van der Waals surface area contributed by atoms with Gasteiger partial charge in [0.25, 0.3) is 0 Å². The summed E-state index contributed by atoms with van der Waals surface area (Å²) in [6, 6.07) is 14.5. The number of nitrogens with two attached hydrogens (primary N) is 1. The number of benzene rings is 2. The third kappa shape index (κ3) is 4.53. The molecule has 1 amide bonds. The van der Waals surface area contributed by atoms with Crippen LogP contribution in [0.15, 0.2) is 60.9 Å². The maximum Gasteiger partial charge on any atom is 0.311 e. The highest BCUT2D eigenvalue weighted by Gasteiger charge is 2.23. The minimum Gasteiger partial charge on any atom is -0.426 e. The molecule has 6 heteroatoms. The summed E-state index contributed by atoms with van der Waals surface area (Å²) in [5.41, 5.74) is 7.16. The molecule has 0 aliphatic rings. The molecule has 1 aromatic heterocycles. The molecule has 6 nitrogen and oxygen atoms in total. The first-order valence-corrected chi connectivity index (χ1v) is 9.26. The quantitative estimate of drug-likeness (QED) is 0.484. The molecule has 0 saturated carbocycles. The van der Waals surface area contributed by atoms with Crippen molar-refractivity contribution in [3.05, 3.63) is 66.5 Å². The van der Waals surface area contributed by atoms with Crippen molar-refractivity contribution in [1.29, 1.82) is 0 Å². The van der Waals surface area contributed by atoms with Crippen LogP contribution in [0.4, 0.5) is 5.69 Å². The summed E-state index contributed by atoms with van der Waals surface area (Å²) in [6.45, 7) is 1.99. The van der Waals surface area contributed by atoms with Crippen LogP contribution in [0.2, 0.25) is 0 Å². The predicted molar refractivity (Wildman–Crippen MR) is 109 cm³/mol. The minimum atomic E-state index is -0.640. The molecule has 3 rings (SSSR count). The number of carbonyl (C=O) groups is 2. The van der Waals surface area contributed by atoms with E-state index in [1.165, 1.54) is 0 Å². The molecule has 3 N–H and O–H groups in total. The average molecular weight is 377 g/mol. The number of esters is 1. The molecule has 28 heavy (non-hydrogen) atoms. The fourth-order valence-corrected chi connectivity index (χ4v) is 3.00. The van der Waals surface area contributed by atoms with E-state index < -0.39 is 5.92 Å². The fraction of sp³-hybridized carbons (Fsp3) is 0.227. The number of rotatable bonds is 7. The summed E-state index contributed by atoms with van der Waals surface area (Å²) in [7, 11) is 0. The van der Waals surface area contributed by atoms with Gasteiger partial charge in [0.2, 0.25) is 5.91 Å². The number of aromatic nitrogens is 1. The molecule has 0 bridgehead atoms. The van der Waals surface area contributed by atoms with Crippen LogP contribution < -0.4 is 15.8 Å². The molecule has 0 aliphatic heterocycles. The number of anilines is 1. The van der Waals surface area contributed by atoms with Crippen LogP contribution in [0, 0.1) is 0 Å². The lowest BCUT2D eigenvalue weighted by Gasteiger charge is -2.18. The largest absolute Gasteiger partial charge is 0.426 e. The van der Waals surface area contributed by atoms with Crippen molar-refractivity contribution >= 4 is 28.3 Å². The first-order valence-electron chi connectivity index (χ1n) is 9.26. The van der Waals surface area contributed by atoms with Gasteiger partial charge in [-0.15, -0.1) is 0 Å². The molecule has 3 aromatic rings. The van der Waals surface area contributed by atoms with E-state index in [1.54, 1.807) is 36.7 Å². The van der Waals surface area contributed by atoms with E-state index in [4.69, 9.17) is 10.5 Å². The zero-order valence-electron chi connectivity index (χ0n) is 15.7. The van der Waals surface area contributed by atoms with Gasteiger partial charge < -0.3 is 15.8 Å². The van der Waals surface area contributed by atoms with Crippen molar-refractivity contribution in [3.63, 3.8) is 0 Å². The van der Waals surface area contributed by atoms with E-state index in [1.807, 2.05) is 31.2 Å². The Morgan fingerprint density at radius 2 is 1.96 bits per heavy atom. The molecular formula is C22H23N3O3. The smallest absolute Gasteiger partial charge is 0.311 e. The second-order valence-electron chi connectivity index (χ2n) is 6.48. The number of nitrogens with zero attached hydrogens (tertiary/aromatic N) is 1. The molecular weight excluding hydrogens is 354 g/mol. The number of para-hydroxylation sites is 1. The summed E-state index contributed by atoms with van der Waals surface area (Å²) in [5.74, 6) is -0.848. The van der Waals surface area contributed by atoms with Crippen LogP contribution in [-0.2, 0) is 9.59 Å². The van der Waals surface area contributed by atoms with Crippen LogP contribution in [0.25, 0.3) is 10.8 Å². The fourth-order valence-electron chi connectivity index (χ4n) is 3.00. The van der Waals surface area contributed by atoms with Crippen LogP contribution >= 0.6 is 0 Å². The first kappa shape index (κ1) is 19.5. The van der Waals surface area contributed by atoms with Crippen molar-refractivity contribution in [1.82, 2.24) is 4.98 Å². The molecule has 1 unspecified atom stereocenters. The van der Waals surface area contributed by atoms with Gasteiger partial charge in [-0.3, -0.25) is 14.6 Å². The Morgan fingerprint density at radius 1 is 1.14 bits per heavy atom. The van der Waals surface area contributed by atoms with E-state index in [0.717, 1.165) is 10.8 Å². The summed E-state index contributed by atoms with van der Waals surface area (Å²) >= 11 is 0. The molecule has 0 fully saturated rings. The van der Waals surface area contributed by atoms with E-state index in [-0.39, 0.29) is 18.4 Å². The number of ether oxygens (including phenoxy) is 1. The second kappa shape index (κ2) is 9.10. The normalized spacial score (nSPS) is 11.8. The Bertz CT molecular complexity index is 987. The zero-order chi connectivity index (χ0) is 19.9. The summed E-state index contributed by atoms with van der Waals surface area (Å²) in [4.78, 5) is 28.9. The Hall–Kier alpha value is -3.25. The van der Waals surface area contributed by atoms with Crippen LogP contribution in [-0.4, -0.2) is 23.4 Å². The van der Waals surface area contributed by atoms with Gasteiger partial charge in [0.1, 0.15) is 5.75 Å². The number of hydrogen-bond donors (Lipinski definition) is 2. The topological polar surface area (TPSA) is 94.3 Å². The van der Waals surface area contributed by atoms with Gasteiger partial charge in [0, 0.05) is 42.0 Å². The maximum atomic E-state index is 12.9. The van der Waals surface area contributed by atoms with Crippen molar-refractivity contribution in [2.24, 2.45) is 5.73 Å². The molecule has 0 saturated heterocycles. The van der Waals surface area contributed by atoms with Gasteiger partial charge in [-0.05, 0) is 36.1 Å². The summed E-state index contributed by atoms with van der Waals surface area (Å²) < 4.78 is 5.45. The van der Waals surface area contributed by atoms with Crippen molar-refractivity contribution in [2.45, 2.75) is 25.7 Å². The van der Waals surface area contributed by atoms with Crippen LogP contribution in [0.3, 0.4) is 0 Å². The SMILES string of the molecule is CCCC(=O)Oc1ccccc1C(CN)C(=O)Nc1ccc2cnccc2c1. The predicted octanol–water partition coefficient (Wildman–Crippen LogP) is 3.62. The standard InChI is InChI=1S/C22H23N3O3/c1-2-5-21(26)28-20-7-4-3-6-18(20)19(13-23)22(27)25-17-9-8-16-14-24-11-10-15(16)12-17/h3-4,6-12,14,19H,2,5,13,23H2,1H3,(H,25,27). The molecule has 1 heterocycles. The van der Waals surface area contributed by atoms with Gasteiger partial charge in [-0.2, -0.15) is 0 Å². The number of pyridine rings is 1. The highest BCUT2D eigenvalue weighted by molar-refractivity contribution is 5.98. The lowest BCUT2D eigenvalue weighted by Crippen LogP contribution is -2.28. The van der Waals surface area contributed by atoms with Crippen molar-refractivity contribution in [3.8, 4) is 5.75 Å². The maximum absolute atomic E-state index is 12.9. The van der Waals surface area contributed by atoms with Gasteiger partial charge in [-0.25, -0.2) is 0 Å². The zero-order valence-corrected chi connectivity index (χ0v) is 15.7. The van der Waals surface area contributed by atoms with Gasteiger partial charge >= 0.3 is 5.97 Å². The molecule has 144 valence electrons. The highest BCUT2D eigenvalue weighted by Crippen LogP contribution is 2.28. The summed E-state index contributed by atoms with van der Waals surface area (Å²) in [5, 5.41) is 4.88. The number of hydrogen-bond acceptors (Lipinski definition) is 5. The van der Waals surface area contributed by atoms with E-state index >= 15 is 0 Å². The van der Waals surface area contributed by atoms with Gasteiger partial charge in [-0.1, -0.05) is 31.2 Å². The monoisotopic (exact) mass is 377 g/mol. The van der Waals surface area contributed by atoms with E-state index in [0.29, 0.717) is 29.8 Å². The number of nitrogens with one attached hydrogen (secondary N) is 1. The molecule has 2 aromatic carbocycles. The van der Waals surface area contributed by atoms with Gasteiger partial charge in [0.05, 0.1) is 5.92 Å². The Labute approximate surface area is 163 Å². The Morgan fingerprint density at radius 3 is 2.75 bits per heavy atom. The summed E-state index contributed by atoms with van der Waals surface area (Å²) in [6.07, 6.45) is 4.49. The number of amides is 1. The first-order chi connectivity index (χ1) is 13.6. The van der Waals surface area contributed by atoms with Crippen LogP contribution in [0.1, 0.15) is 31.2 Å². The number of carbonyl (C=O) groups excluding carboxylic acids is 2. The lowest BCUT2D eigenvalue weighted by atomic mass is 9.97. The van der Waals surface area contributed by atoms with Crippen molar-refractivity contribution in [2.75, 3.05) is 11.9 Å². The lowest BCUT2D eigenvalue weighted by molar-refractivity contribution is -0.134. The minimum absolute atomic E-state index is 0.0890. The average Bonchev–Trinajstić information content (AvgIpc) is 2.70. The third-order valence-electron chi connectivity index (χ3n) is 4.43.